The van der Waals surface area contributed by atoms with E-state index in [9.17, 15) is 13.6 Å². The number of nitrogens with one attached hydrogen (secondary N) is 1. The highest BCUT2D eigenvalue weighted by Gasteiger charge is 2.41. The third-order valence-electron chi connectivity index (χ3n) is 4.71. The molecular weight excluding hydrogens is 358 g/mol. The van der Waals surface area contributed by atoms with Crippen LogP contribution >= 0.6 is 0 Å². The number of carbonyl (C=O) groups is 1. The van der Waals surface area contributed by atoms with Crippen LogP contribution in [0.15, 0.2) is 30.6 Å². The lowest BCUT2D eigenvalue weighted by Gasteiger charge is -2.37. The number of likely N-dealkylation sites (tertiary alicyclic amines) is 1. The van der Waals surface area contributed by atoms with Gasteiger partial charge in [0, 0.05) is 38.1 Å². The Balaban J connectivity index is 1.45. The zero-order valence-electron chi connectivity index (χ0n) is 14.5. The van der Waals surface area contributed by atoms with Crippen LogP contribution in [0.4, 0.5) is 20.3 Å². The van der Waals surface area contributed by atoms with Gasteiger partial charge < -0.3 is 19.7 Å². The molecule has 9 heteroatoms. The van der Waals surface area contributed by atoms with Crippen molar-refractivity contribution in [3.05, 3.63) is 47.9 Å². The van der Waals surface area contributed by atoms with Crippen LogP contribution in [-0.4, -0.2) is 52.9 Å². The third kappa shape index (κ3) is 3.74. The van der Waals surface area contributed by atoms with Crippen molar-refractivity contribution in [3.63, 3.8) is 0 Å². The predicted octanol–water partition coefficient (Wildman–Crippen LogP) is 2.48. The number of piperidine rings is 1. The molecule has 1 amide bonds. The van der Waals surface area contributed by atoms with Crippen molar-refractivity contribution < 1.29 is 23.0 Å². The highest BCUT2D eigenvalue weighted by molar-refractivity contribution is 5.93. The van der Waals surface area contributed by atoms with Gasteiger partial charge in [0.1, 0.15) is 29.5 Å². The van der Waals surface area contributed by atoms with Gasteiger partial charge in [-0.15, -0.1) is 0 Å². The molecule has 142 valence electrons. The average Bonchev–Trinajstić information content (AvgIpc) is 3.12. The summed E-state index contributed by atoms with van der Waals surface area (Å²) in [6.07, 6.45) is 2.44. The maximum Gasteiger partial charge on any atom is 0.272 e. The second-order valence-electron chi connectivity index (χ2n) is 6.44. The predicted molar refractivity (Wildman–Crippen MR) is 91.4 cm³/mol. The first-order valence-corrected chi connectivity index (χ1v) is 8.66. The highest BCUT2D eigenvalue weighted by atomic mass is 19.1. The number of amides is 1. The van der Waals surface area contributed by atoms with Crippen molar-refractivity contribution in [1.29, 1.82) is 0 Å². The minimum atomic E-state index is -0.751. The fourth-order valence-electron chi connectivity index (χ4n) is 3.27. The summed E-state index contributed by atoms with van der Waals surface area (Å²) in [5, 5.41) is 2.73. The Morgan fingerprint density at radius 3 is 2.56 bits per heavy atom. The molecule has 0 saturated carbocycles. The quantitative estimate of drug-likeness (QED) is 0.887. The molecular formula is C18H18F2N4O3. The Morgan fingerprint density at radius 2 is 1.85 bits per heavy atom. The standard InChI is InChI=1S/C18H18F2N4O3/c19-12-1-2-14(13(20)9-12)23-16-10-15(21-11-22-16)17(25)24-5-3-18(4-6-24)26-7-8-27-18/h1-2,9-11H,3-8H2,(H,21,22,23). The van der Waals surface area contributed by atoms with Gasteiger partial charge in [0.05, 0.1) is 18.9 Å². The molecule has 0 radical (unpaired) electrons. The number of ether oxygens (including phenoxy) is 2. The molecule has 7 nitrogen and oxygen atoms in total. The second kappa shape index (κ2) is 7.16. The molecule has 27 heavy (non-hydrogen) atoms. The van der Waals surface area contributed by atoms with Crippen LogP contribution in [0.1, 0.15) is 23.3 Å². The van der Waals surface area contributed by atoms with Gasteiger partial charge in [0.2, 0.25) is 0 Å². The molecule has 2 saturated heterocycles. The Morgan fingerprint density at radius 1 is 1.11 bits per heavy atom. The van der Waals surface area contributed by atoms with E-state index in [1.54, 1.807) is 4.90 Å². The summed E-state index contributed by atoms with van der Waals surface area (Å²) in [6.45, 7) is 2.15. The Kier molecular flexibility index (Phi) is 4.71. The molecule has 0 aliphatic carbocycles. The molecule has 2 aliphatic heterocycles. The first-order valence-electron chi connectivity index (χ1n) is 8.66. The molecule has 1 aromatic carbocycles. The van der Waals surface area contributed by atoms with Crippen molar-refractivity contribution in [1.82, 2.24) is 14.9 Å². The second-order valence-corrected chi connectivity index (χ2v) is 6.44. The van der Waals surface area contributed by atoms with Gasteiger partial charge in [0.15, 0.2) is 5.79 Å². The summed E-state index contributed by atoms with van der Waals surface area (Å²) in [4.78, 5) is 22.4. The van der Waals surface area contributed by atoms with Crippen molar-refractivity contribution >= 4 is 17.4 Å². The van der Waals surface area contributed by atoms with Crippen LogP contribution in [0.25, 0.3) is 0 Å². The number of hydrogen-bond acceptors (Lipinski definition) is 6. The monoisotopic (exact) mass is 376 g/mol. The lowest BCUT2D eigenvalue weighted by atomic mass is 10.0. The van der Waals surface area contributed by atoms with Crippen molar-refractivity contribution in [2.24, 2.45) is 0 Å². The van der Waals surface area contributed by atoms with Gasteiger partial charge in [0.25, 0.3) is 5.91 Å². The summed E-state index contributed by atoms with van der Waals surface area (Å²) >= 11 is 0. The summed E-state index contributed by atoms with van der Waals surface area (Å²) in [5.74, 6) is -1.98. The van der Waals surface area contributed by atoms with Gasteiger partial charge in [-0.3, -0.25) is 4.79 Å². The fourth-order valence-corrected chi connectivity index (χ4v) is 3.27. The van der Waals surface area contributed by atoms with E-state index in [0.717, 1.165) is 12.1 Å². The summed E-state index contributed by atoms with van der Waals surface area (Å²) in [6, 6.07) is 4.61. The molecule has 0 bridgehead atoms. The van der Waals surface area contributed by atoms with Gasteiger partial charge in [-0.05, 0) is 12.1 Å². The summed E-state index contributed by atoms with van der Waals surface area (Å²) in [7, 11) is 0. The van der Waals surface area contributed by atoms with Crippen LogP contribution in [0.5, 0.6) is 0 Å². The molecule has 0 atom stereocenters. The zero-order chi connectivity index (χ0) is 18.9. The topological polar surface area (TPSA) is 76.6 Å². The lowest BCUT2D eigenvalue weighted by Crippen LogP contribution is -2.47. The number of carbonyl (C=O) groups excluding carboxylic acids is 1. The zero-order valence-corrected chi connectivity index (χ0v) is 14.5. The van der Waals surface area contributed by atoms with Gasteiger partial charge in [-0.2, -0.15) is 0 Å². The van der Waals surface area contributed by atoms with E-state index in [-0.39, 0.29) is 23.1 Å². The highest BCUT2D eigenvalue weighted by Crippen LogP contribution is 2.31. The molecule has 0 unspecified atom stereocenters. The van der Waals surface area contributed by atoms with Crippen molar-refractivity contribution in [2.75, 3.05) is 31.6 Å². The molecule has 1 spiro atoms. The molecule has 1 N–H and O–H groups in total. The Bertz CT molecular complexity index is 848. The van der Waals surface area contributed by atoms with Crippen molar-refractivity contribution in [3.8, 4) is 0 Å². The number of halogens is 2. The van der Waals surface area contributed by atoms with E-state index in [0.29, 0.717) is 39.1 Å². The largest absolute Gasteiger partial charge is 0.347 e. The van der Waals surface area contributed by atoms with Gasteiger partial charge >= 0.3 is 0 Å². The van der Waals surface area contributed by atoms with Crippen LogP contribution in [0.2, 0.25) is 0 Å². The van der Waals surface area contributed by atoms with E-state index < -0.39 is 17.4 Å². The van der Waals surface area contributed by atoms with E-state index in [2.05, 4.69) is 15.3 Å². The molecule has 4 rings (SSSR count). The van der Waals surface area contributed by atoms with Crippen LogP contribution in [0.3, 0.4) is 0 Å². The first-order chi connectivity index (χ1) is 13.0. The van der Waals surface area contributed by atoms with Crippen LogP contribution in [0, 0.1) is 11.6 Å². The number of anilines is 2. The molecule has 2 aliphatic rings. The van der Waals surface area contributed by atoms with Gasteiger partial charge in [-0.25, -0.2) is 18.7 Å². The Labute approximate surface area is 154 Å². The summed E-state index contributed by atoms with van der Waals surface area (Å²) in [5.41, 5.74) is 0.253. The smallest absolute Gasteiger partial charge is 0.272 e. The molecule has 1 aromatic heterocycles. The van der Waals surface area contributed by atoms with E-state index in [4.69, 9.17) is 9.47 Å². The lowest BCUT2D eigenvalue weighted by molar-refractivity contribution is -0.181. The maximum absolute atomic E-state index is 13.8. The van der Waals surface area contributed by atoms with E-state index in [1.807, 2.05) is 0 Å². The molecule has 3 heterocycles. The number of hydrogen-bond donors (Lipinski definition) is 1. The average molecular weight is 376 g/mol. The fraction of sp³-hybridized carbons (Fsp3) is 0.389. The summed E-state index contributed by atoms with van der Waals surface area (Å²) < 4.78 is 38.1. The van der Waals surface area contributed by atoms with Crippen LogP contribution in [-0.2, 0) is 9.47 Å². The number of benzene rings is 1. The third-order valence-corrected chi connectivity index (χ3v) is 4.71. The molecule has 2 fully saturated rings. The first kappa shape index (κ1) is 17.7. The van der Waals surface area contributed by atoms with Gasteiger partial charge in [-0.1, -0.05) is 0 Å². The number of rotatable bonds is 3. The van der Waals surface area contributed by atoms with Crippen molar-refractivity contribution in [2.45, 2.75) is 18.6 Å². The molecule has 2 aromatic rings. The van der Waals surface area contributed by atoms with E-state index in [1.165, 1.54) is 18.5 Å². The van der Waals surface area contributed by atoms with E-state index >= 15 is 0 Å². The Hall–Kier alpha value is -2.65. The normalized spacial score (nSPS) is 18.7. The minimum absolute atomic E-state index is 0.0592. The number of nitrogens with zero attached hydrogens (tertiary/aromatic N) is 3. The minimum Gasteiger partial charge on any atom is -0.347 e. The maximum atomic E-state index is 13.8. The SMILES string of the molecule is O=C(c1cc(Nc2ccc(F)cc2F)ncn1)N1CCC2(CC1)OCCO2. The van der Waals surface area contributed by atoms with Crippen LogP contribution < -0.4 is 5.32 Å². The number of aromatic nitrogens is 2.